The summed E-state index contributed by atoms with van der Waals surface area (Å²) in [6.07, 6.45) is 1.94. The van der Waals surface area contributed by atoms with Crippen molar-refractivity contribution in [3.05, 3.63) is 158 Å². The maximum Gasteiger partial charge on any atom is 0.135 e. The van der Waals surface area contributed by atoms with E-state index in [0.717, 1.165) is 55.5 Å². The minimum Gasteiger partial charge on any atom is -0.456 e. The Labute approximate surface area is 254 Å². The summed E-state index contributed by atoms with van der Waals surface area (Å²) in [6, 6.07) is 53.5. The smallest absolute Gasteiger partial charge is 0.135 e. The molecule has 0 N–H and O–H groups in total. The molecule has 0 unspecified atom stereocenters. The van der Waals surface area contributed by atoms with Gasteiger partial charge in [0.1, 0.15) is 11.2 Å². The summed E-state index contributed by atoms with van der Waals surface area (Å²) in [5, 5.41) is 4.64. The zero-order valence-corrected chi connectivity index (χ0v) is 23.8. The Hall–Kier alpha value is -5.93. The molecule has 0 spiro atoms. The Kier molecular flexibility index (Phi) is 5.50. The maximum atomic E-state index is 6.11. The molecule has 9 aromatic rings. The Bertz CT molecular complexity index is 2490. The number of para-hydroxylation sites is 1. The number of furan rings is 1. The van der Waals surface area contributed by atoms with Gasteiger partial charge in [0.05, 0.1) is 16.7 Å². The lowest BCUT2D eigenvalue weighted by atomic mass is 10.0. The fourth-order valence-electron chi connectivity index (χ4n) is 6.58. The van der Waals surface area contributed by atoms with Gasteiger partial charge in [-0.05, 0) is 70.8 Å². The molecule has 0 aliphatic heterocycles. The Morgan fingerprint density at radius 1 is 0.432 bits per heavy atom. The highest BCUT2D eigenvalue weighted by molar-refractivity contribution is 6.14. The van der Waals surface area contributed by atoms with E-state index in [0.29, 0.717) is 0 Å². The summed E-state index contributed by atoms with van der Waals surface area (Å²) in [6.45, 7) is 0. The van der Waals surface area contributed by atoms with Gasteiger partial charge in [-0.3, -0.25) is 4.98 Å². The highest BCUT2D eigenvalue weighted by Gasteiger charge is 2.19. The lowest BCUT2D eigenvalue weighted by Gasteiger charge is -2.13. The summed E-state index contributed by atoms with van der Waals surface area (Å²) in [7, 11) is 0. The minimum absolute atomic E-state index is 0.907. The van der Waals surface area contributed by atoms with Crippen LogP contribution in [0.2, 0.25) is 0 Å². The minimum atomic E-state index is 0.907. The fraction of sp³-hybridized carbons (Fsp3) is 0. The van der Waals surface area contributed by atoms with Gasteiger partial charge < -0.3 is 8.98 Å². The molecule has 0 saturated heterocycles. The summed E-state index contributed by atoms with van der Waals surface area (Å²) >= 11 is 0. The SMILES string of the molecule is c1ccc(-c2cccc(-n3c4ccc(-c5ccc6oc7ccccc7c6c5)cc4c4ccnc(-c5ccccc5)c43)c2)cc1. The molecule has 6 aromatic carbocycles. The van der Waals surface area contributed by atoms with Crippen molar-refractivity contribution in [2.45, 2.75) is 0 Å². The molecule has 0 bridgehead atoms. The van der Waals surface area contributed by atoms with Crippen LogP contribution in [-0.2, 0) is 0 Å². The van der Waals surface area contributed by atoms with E-state index in [4.69, 9.17) is 9.40 Å². The first kappa shape index (κ1) is 24.6. The van der Waals surface area contributed by atoms with E-state index >= 15 is 0 Å². The van der Waals surface area contributed by atoms with Crippen molar-refractivity contribution in [2.24, 2.45) is 0 Å². The number of hydrogen-bond donors (Lipinski definition) is 0. The number of benzene rings is 6. The van der Waals surface area contributed by atoms with Crippen LogP contribution in [0, 0.1) is 0 Å². The number of nitrogens with zero attached hydrogens (tertiary/aromatic N) is 2. The molecule has 0 aliphatic rings. The molecule has 9 rings (SSSR count). The van der Waals surface area contributed by atoms with E-state index in [9.17, 15) is 0 Å². The molecule has 3 heteroatoms. The Morgan fingerprint density at radius 2 is 1.09 bits per heavy atom. The van der Waals surface area contributed by atoms with Crippen molar-refractivity contribution >= 4 is 43.7 Å². The second-order valence-electron chi connectivity index (χ2n) is 11.2. The third-order valence-corrected chi connectivity index (χ3v) is 8.64. The molecule has 3 nitrogen and oxygen atoms in total. The van der Waals surface area contributed by atoms with Gasteiger partial charge in [0, 0.05) is 39.0 Å². The summed E-state index contributed by atoms with van der Waals surface area (Å²) in [5.41, 5.74) is 11.9. The molecule has 206 valence electrons. The van der Waals surface area contributed by atoms with E-state index in [1.165, 1.54) is 27.5 Å². The van der Waals surface area contributed by atoms with Crippen LogP contribution in [0.25, 0.3) is 82.9 Å². The highest BCUT2D eigenvalue weighted by Crippen LogP contribution is 2.40. The third-order valence-electron chi connectivity index (χ3n) is 8.64. The molecule has 3 heterocycles. The second kappa shape index (κ2) is 9.82. The molecule has 0 aliphatic carbocycles. The summed E-state index contributed by atoms with van der Waals surface area (Å²) in [5.74, 6) is 0. The lowest BCUT2D eigenvalue weighted by molar-refractivity contribution is 0.669. The Balaban J connectivity index is 1.31. The summed E-state index contributed by atoms with van der Waals surface area (Å²) < 4.78 is 8.49. The standard InChI is InChI=1S/C41H26N2O/c1-3-10-27(11-4-1)29-14-9-15-32(24-29)43-37-20-18-30(31-19-21-39-36(26-31)33-16-7-8-17-38(33)44-39)25-35(37)34-22-23-42-40(41(34)43)28-12-5-2-6-13-28/h1-26H. The summed E-state index contributed by atoms with van der Waals surface area (Å²) in [4.78, 5) is 4.95. The average Bonchev–Trinajstić information content (AvgIpc) is 3.64. The number of aromatic nitrogens is 2. The number of rotatable bonds is 4. The van der Waals surface area contributed by atoms with Gasteiger partial charge in [-0.25, -0.2) is 0 Å². The molecule has 0 atom stereocenters. The van der Waals surface area contributed by atoms with Crippen molar-refractivity contribution in [1.82, 2.24) is 9.55 Å². The zero-order valence-electron chi connectivity index (χ0n) is 23.8. The van der Waals surface area contributed by atoms with Crippen LogP contribution in [0.5, 0.6) is 0 Å². The van der Waals surface area contributed by atoms with Gasteiger partial charge in [0.25, 0.3) is 0 Å². The van der Waals surface area contributed by atoms with Crippen LogP contribution in [0.15, 0.2) is 162 Å². The first-order chi connectivity index (χ1) is 21.8. The van der Waals surface area contributed by atoms with Gasteiger partial charge in [-0.15, -0.1) is 0 Å². The topological polar surface area (TPSA) is 31.0 Å². The van der Waals surface area contributed by atoms with Crippen LogP contribution < -0.4 is 0 Å². The predicted octanol–water partition coefficient (Wildman–Crippen LogP) is 11.1. The van der Waals surface area contributed by atoms with Crippen LogP contribution >= 0.6 is 0 Å². The quantitative estimate of drug-likeness (QED) is 0.214. The first-order valence-corrected chi connectivity index (χ1v) is 14.9. The molecular formula is C41H26N2O. The van der Waals surface area contributed by atoms with Gasteiger partial charge >= 0.3 is 0 Å². The monoisotopic (exact) mass is 562 g/mol. The van der Waals surface area contributed by atoms with Gasteiger partial charge in [0.2, 0.25) is 0 Å². The highest BCUT2D eigenvalue weighted by atomic mass is 16.3. The van der Waals surface area contributed by atoms with Crippen molar-refractivity contribution in [1.29, 1.82) is 0 Å². The second-order valence-corrected chi connectivity index (χ2v) is 11.2. The molecule has 0 saturated carbocycles. The van der Waals surface area contributed by atoms with Crippen molar-refractivity contribution < 1.29 is 4.42 Å². The zero-order chi connectivity index (χ0) is 29.0. The van der Waals surface area contributed by atoms with E-state index < -0.39 is 0 Å². The fourth-order valence-corrected chi connectivity index (χ4v) is 6.58. The lowest BCUT2D eigenvalue weighted by Crippen LogP contribution is -1.97. The van der Waals surface area contributed by atoms with Gasteiger partial charge in [0.15, 0.2) is 0 Å². The van der Waals surface area contributed by atoms with Crippen LogP contribution in [0.3, 0.4) is 0 Å². The van der Waals surface area contributed by atoms with Gasteiger partial charge in [-0.1, -0.05) is 103 Å². The van der Waals surface area contributed by atoms with E-state index in [1.807, 2.05) is 18.3 Å². The van der Waals surface area contributed by atoms with Crippen molar-refractivity contribution in [2.75, 3.05) is 0 Å². The maximum absolute atomic E-state index is 6.11. The van der Waals surface area contributed by atoms with Crippen LogP contribution in [0.4, 0.5) is 0 Å². The van der Waals surface area contributed by atoms with Gasteiger partial charge in [-0.2, -0.15) is 0 Å². The predicted molar refractivity (Wildman–Crippen MR) is 182 cm³/mol. The largest absolute Gasteiger partial charge is 0.456 e. The van der Waals surface area contributed by atoms with Crippen LogP contribution in [-0.4, -0.2) is 9.55 Å². The Morgan fingerprint density at radius 3 is 1.93 bits per heavy atom. The molecule has 0 radical (unpaired) electrons. The molecule has 0 amide bonds. The van der Waals surface area contributed by atoms with Crippen LogP contribution in [0.1, 0.15) is 0 Å². The number of hydrogen-bond acceptors (Lipinski definition) is 2. The van der Waals surface area contributed by atoms with E-state index in [-0.39, 0.29) is 0 Å². The number of fused-ring (bicyclic) bond motifs is 6. The van der Waals surface area contributed by atoms with Crippen molar-refractivity contribution in [3.8, 4) is 39.2 Å². The molecule has 44 heavy (non-hydrogen) atoms. The van der Waals surface area contributed by atoms with E-state index in [1.54, 1.807) is 0 Å². The average molecular weight is 563 g/mol. The first-order valence-electron chi connectivity index (χ1n) is 14.9. The number of pyridine rings is 1. The van der Waals surface area contributed by atoms with E-state index in [2.05, 4.69) is 144 Å². The molecule has 3 aromatic heterocycles. The third kappa shape index (κ3) is 3.87. The molecular weight excluding hydrogens is 536 g/mol. The van der Waals surface area contributed by atoms with Crippen molar-refractivity contribution in [3.63, 3.8) is 0 Å². The normalized spacial score (nSPS) is 11.6. The molecule has 0 fully saturated rings.